The number of amides is 2. The van der Waals surface area contributed by atoms with E-state index in [1.807, 2.05) is 0 Å². The van der Waals surface area contributed by atoms with Gasteiger partial charge in [-0.2, -0.15) is 0 Å². The van der Waals surface area contributed by atoms with Crippen molar-refractivity contribution >= 4 is 52.5 Å². The Bertz CT molecular complexity index is 1060. The fraction of sp³-hybridized carbons (Fsp3) is 0.158. The zero-order valence-corrected chi connectivity index (χ0v) is 16.7. The third-order valence-electron chi connectivity index (χ3n) is 4.14. The molecule has 1 fully saturated rings. The third kappa shape index (κ3) is 4.06. The number of hydrogen-bond donors (Lipinski definition) is 1. The van der Waals surface area contributed by atoms with Crippen molar-refractivity contribution in [3.63, 3.8) is 0 Å². The Kier molecular flexibility index (Phi) is 5.81. The van der Waals surface area contributed by atoms with Gasteiger partial charge < -0.3 is 14.3 Å². The molecule has 2 heterocycles. The summed E-state index contributed by atoms with van der Waals surface area (Å²) in [4.78, 5) is 48.3. The first-order valence-electron chi connectivity index (χ1n) is 8.21. The first kappa shape index (κ1) is 20.7. The van der Waals surface area contributed by atoms with Crippen LogP contribution in [-0.4, -0.2) is 46.2 Å². The van der Waals surface area contributed by atoms with Crippen LogP contribution in [0.5, 0.6) is 0 Å². The molecule has 0 aliphatic carbocycles. The number of carbonyl (C=O) groups is 4. The number of benzene rings is 1. The molecular weight excluding hydrogens is 422 g/mol. The highest BCUT2D eigenvalue weighted by molar-refractivity contribution is 8.18. The van der Waals surface area contributed by atoms with Crippen molar-refractivity contribution in [1.82, 2.24) is 4.90 Å². The summed E-state index contributed by atoms with van der Waals surface area (Å²) < 4.78 is 10.2. The maximum absolute atomic E-state index is 12.5. The van der Waals surface area contributed by atoms with Crippen molar-refractivity contribution in [3.8, 4) is 11.3 Å². The summed E-state index contributed by atoms with van der Waals surface area (Å²) in [5.74, 6) is -1.76. The molecule has 0 bridgehead atoms. The van der Waals surface area contributed by atoms with Crippen molar-refractivity contribution in [2.24, 2.45) is 0 Å². The van der Waals surface area contributed by atoms with E-state index in [9.17, 15) is 19.2 Å². The van der Waals surface area contributed by atoms with Gasteiger partial charge in [0.05, 0.1) is 22.6 Å². The molecular formula is C19H14ClNO7S. The molecule has 10 heteroatoms. The predicted molar refractivity (Wildman–Crippen MR) is 105 cm³/mol. The predicted octanol–water partition coefficient (Wildman–Crippen LogP) is 3.90. The van der Waals surface area contributed by atoms with Gasteiger partial charge >= 0.3 is 11.9 Å². The van der Waals surface area contributed by atoms with Crippen LogP contribution in [0.15, 0.2) is 39.7 Å². The Balaban J connectivity index is 1.84. The topological polar surface area (TPSA) is 114 Å². The maximum Gasteiger partial charge on any atom is 0.337 e. The number of thioether (sulfide) groups is 1. The second-order valence-electron chi connectivity index (χ2n) is 5.95. The van der Waals surface area contributed by atoms with Crippen molar-refractivity contribution < 1.29 is 33.4 Å². The zero-order chi connectivity index (χ0) is 21.3. The summed E-state index contributed by atoms with van der Waals surface area (Å²) in [7, 11) is 1.17. The number of hydrogen-bond acceptors (Lipinski definition) is 7. The molecule has 2 amide bonds. The highest BCUT2D eigenvalue weighted by atomic mass is 35.5. The Morgan fingerprint density at radius 1 is 1.28 bits per heavy atom. The zero-order valence-electron chi connectivity index (χ0n) is 15.2. The van der Waals surface area contributed by atoms with Crippen LogP contribution in [0.3, 0.4) is 0 Å². The van der Waals surface area contributed by atoms with Gasteiger partial charge in [0.2, 0.25) is 0 Å². The van der Waals surface area contributed by atoms with E-state index in [0.29, 0.717) is 28.8 Å². The van der Waals surface area contributed by atoms with Crippen LogP contribution in [0.2, 0.25) is 5.02 Å². The molecule has 1 N–H and O–H groups in total. The van der Waals surface area contributed by atoms with E-state index >= 15 is 0 Å². The molecule has 1 aromatic carbocycles. The highest BCUT2D eigenvalue weighted by Crippen LogP contribution is 2.35. The number of aromatic carboxylic acids is 1. The van der Waals surface area contributed by atoms with Crippen LogP contribution in [0.1, 0.15) is 23.0 Å². The molecule has 150 valence electrons. The fourth-order valence-electron chi connectivity index (χ4n) is 2.65. The number of esters is 1. The van der Waals surface area contributed by atoms with Gasteiger partial charge in [-0.1, -0.05) is 17.7 Å². The van der Waals surface area contributed by atoms with Gasteiger partial charge in [-0.3, -0.25) is 14.5 Å². The molecule has 1 saturated heterocycles. The Morgan fingerprint density at radius 2 is 2.00 bits per heavy atom. The number of ether oxygens (including phenoxy) is 1. The largest absolute Gasteiger partial charge is 0.478 e. The van der Waals surface area contributed by atoms with Crippen molar-refractivity contribution in [3.05, 3.63) is 51.6 Å². The summed E-state index contributed by atoms with van der Waals surface area (Å²) in [6.45, 7) is 1.40. The molecule has 0 radical (unpaired) electrons. The number of halogens is 1. The van der Waals surface area contributed by atoms with Crippen LogP contribution < -0.4 is 0 Å². The molecule has 1 unspecified atom stereocenters. The van der Waals surface area contributed by atoms with Gasteiger partial charge in [0.15, 0.2) is 0 Å². The summed E-state index contributed by atoms with van der Waals surface area (Å²) in [5.41, 5.74) is 0.516. The van der Waals surface area contributed by atoms with Crippen molar-refractivity contribution in [1.29, 1.82) is 0 Å². The number of methoxy groups -OCH3 is 1. The average Bonchev–Trinajstić information content (AvgIpc) is 3.25. The number of carboxylic acid groups (broad SMARTS) is 1. The minimum atomic E-state index is -1.14. The monoisotopic (exact) mass is 435 g/mol. The van der Waals surface area contributed by atoms with E-state index in [0.717, 1.165) is 4.90 Å². The number of carboxylic acids is 1. The third-order valence-corrected chi connectivity index (χ3v) is 5.33. The SMILES string of the molecule is COC(=O)C(C)N1C(=O)S/C(=C/c2ccc(-c3ccc(C(=O)O)c(Cl)c3)o2)C1=O. The minimum absolute atomic E-state index is 0.0319. The second kappa shape index (κ2) is 8.14. The molecule has 2 aromatic rings. The first-order chi connectivity index (χ1) is 13.7. The van der Waals surface area contributed by atoms with E-state index in [1.54, 1.807) is 18.2 Å². The maximum atomic E-state index is 12.5. The molecule has 29 heavy (non-hydrogen) atoms. The molecule has 1 aliphatic rings. The first-order valence-corrected chi connectivity index (χ1v) is 9.40. The Morgan fingerprint density at radius 3 is 2.62 bits per heavy atom. The van der Waals surface area contributed by atoms with Crippen molar-refractivity contribution in [2.75, 3.05) is 7.11 Å². The smallest absolute Gasteiger partial charge is 0.337 e. The second-order valence-corrected chi connectivity index (χ2v) is 7.35. The average molecular weight is 436 g/mol. The summed E-state index contributed by atoms with van der Waals surface area (Å²) in [5, 5.41) is 8.52. The number of rotatable bonds is 5. The van der Waals surface area contributed by atoms with E-state index < -0.39 is 29.1 Å². The summed E-state index contributed by atoms with van der Waals surface area (Å²) in [6, 6.07) is 6.54. The highest BCUT2D eigenvalue weighted by Gasteiger charge is 2.41. The van der Waals surface area contributed by atoms with Crippen molar-refractivity contribution in [2.45, 2.75) is 13.0 Å². The molecule has 1 atom stereocenters. The lowest BCUT2D eigenvalue weighted by molar-refractivity contribution is -0.148. The quantitative estimate of drug-likeness (QED) is 0.555. The van der Waals surface area contributed by atoms with E-state index in [2.05, 4.69) is 4.74 Å². The molecule has 0 spiro atoms. The molecule has 3 rings (SSSR count). The van der Waals surface area contributed by atoms with Gasteiger partial charge in [-0.25, -0.2) is 9.59 Å². The van der Waals surface area contributed by atoms with Crippen LogP contribution in [0.25, 0.3) is 17.4 Å². The van der Waals surface area contributed by atoms with Gasteiger partial charge in [-0.05, 0) is 43.0 Å². The molecule has 0 saturated carbocycles. The molecule has 1 aliphatic heterocycles. The minimum Gasteiger partial charge on any atom is -0.478 e. The normalized spacial score (nSPS) is 16.4. The van der Waals surface area contributed by atoms with Crippen LogP contribution in [-0.2, 0) is 14.3 Å². The van der Waals surface area contributed by atoms with Crippen LogP contribution >= 0.6 is 23.4 Å². The number of imide groups is 1. The van der Waals surface area contributed by atoms with Crippen LogP contribution in [0.4, 0.5) is 4.79 Å². The standard InChI is InChI=1S/C19H14ClNO7S/c1-9(18(25)27-2)21-16(22)15(29-19(21)26)8-11-4-6-14(28-11)10-3-5-12(17(23)24)13(20)7-10/h3-9H,1-2H3,(H,23,24)/b15-8+. The number of carbonyl (C=O) groups excluding carboxylic acids is 3. The van der Waals surface area contributed by atoms with E-state index in [4.69, 9.17) is 21.1 Å². The Hall–Kier alpha value is -3.04. The lowest BCUT2D eigenvalue weighted by Crippen LogP contribution is -2.42. The Labute approximate surface area is 174 Å². The molecule has 8 nitrogen and oxygen atoms in total. The number of furan rings is 1. The summed E-state index contributed by atoms with van der Waals surface area (Å²) >= 11 is 6.66. The van der Waals surface area contributed by atoms with Crippen LogP contribution in [0, 0.1) is 0 Å². The van der Waals surface area contributed by atoms with Gasteiger partial charge in [0, 0.05) is 11.6 Å². The number of nitrogens with zero attached hydrogens (tertiary/aromatic N) is 1. The van der Waals surface area contributed by atoms with E-state index in [1.165, 1.54) is 32.2 Å². The fourth-order valence-corrected chi connectivity index (χ4v) is 3.80. The van der Waals surface area contributed by atoms with Gasteiger partial charge in [0.1, 0.15) is 17.6 Å². The lowest BCUT2D eigenvalue weighted by Gasteiger charge is -2.18. The van der Waals surface area contributed by atoms with Gasteiger partial charge in [-0.15, -0.1) is 0 Å². The molecule has 1 aromatic heterocycles. The lowest BCUT2D eigenvalue weighted by atomic mass is 10.1. The summed E-state index contributed by atoms with van der Waals surface area (Å²) in [6.07, 6.45) is 1.39. The van der Waals surface area contributed by atoms with E-state index in [-0.39, 0.29) is 15.5 Å². The van der Waals surface area contributed by atoms with Gasteiger partial charge in [0.25, 0.3) is 11.1 Å².